The van der Waals surface area contributed by atoms with Gasteiger partial charge in [0.25, 0.3) is 5.91 Å². The molecule has 0 radical (unpaired) electrons. The summed E-state index contributed by atoms with van der Waals surface area (Å²) in [5.41, 5.74) is 2.17. The minimum atomic E-state index is -0.157. The van der Waals surface area contributed by atoms with Crippen LogP contribution >= 0.6 is 11.6 Å². The number of carbonyl (C=O) groups excluding carboxylic acids is 1. The average Bonchev–Trinajstić information content (AvgIpc) is 2.98. The van der Waals surface area contributed by atoms with Gasteiger partial charge in [0.1, 0.15) is 0 Å². The molecular formula is C12H15ClN2O. The number of halogens is 1. The minimum Gasteiger partial charge on any atom is -0.345 e. The molecular weight excluding hydrogens is 224 g/mol. The maximum Gasteiger partial charge on any atom is 0.253 e. The number of nitrogens with zero attached hydrogens (tertiary/aromatic N) is 1. The van der Waals surface area contributed by atoms with Crippen molar-refractivity contribution in [3.63, 3.8) is 0 Å². The molecule has 3 nitrogen and oxygen atoms in total. The van der Waals surface area contributed by atoms with Gasteiger partial charge in [-0.3, -0.25) is 9.78 Å². The van der Waals surface area contributed by atoms with Crippen molar-refractivity contribution >= 4 is 17.5 Å². The fourth-order valence-electron chi connectivity index (χ4n) is 1.68. The van der Waals surface area contributed by atoms with Gasteiger partial charge in [-0.1, -0.05) is 0 Å². The molecule has 4 heteroatoms. The first-order valence-corrected chi connectivity index (χ1v) is 5.92. The second-order valence-corrected chi connectivity index (χ2v) is 4.72. The monoisotopic (exact) mass is 238 g/mol. The molecule has 1 aliphatic carbocycles. The molecule has 1 heterocycles. The Morgan fingerprint density at radius 1 is 1.50 bits per heavy atom. The van der Waals surface area contributed by atoms with Gasteiger partial charge in [-0.15, -0.1) is 11.6 Å². The number of aromatic nitrogens is 1. The predicted molar refractivity (Wildman–Crippen MR) is 63.9 cm³/mol. The summed E-state index contributed by atoms with van der Waals surface area (Å²) in [6.45, 7) is 3.76. The Morgan fingerprint density at radius 3 is 2.69 bits per heavy atom. The predicted octanol–water partition coefficient (Wildman–Crippen LogP) is 2.20. The minimum absolute atomic E-state index is 0.0665. The van der Waals surface area contributed by atoms with Crippen LogP contribution in [0.2, 0.25) is 0 Å². The third-order valence-electron chi connectivity index (χ3n) is 2.96. The first kappa shape index (κ1) is 11.4. The summed E-state index contributed by atoms with van der Waals surface area (Å²) in [6, 6.07) is 3.67. The molecule has 0 aromatic carbocycles. The van der Waals surface area contributed by atoms with Crippen LogP contribution in [0, 0.1) is 13.8 Å². The van der Waals surface area contributed by atoms with Crippen LogP contribution in [0.15, 0.2) is 12.1 Å². The molecule has 1 aromatic heterocycles. The molecule has 1 aromatic rings. The molecule has 0 unspecified atom stereocenters. The van der Waals surface area contributed by atoms with Gasteiger partial charge in [0, 0.05) is 11.6 Å². The molecule has 0 atom stereocenters. The fraction of sp³-hybridized carbons (Fsp3) is 0.500. The Hall–Kier alpha value is -1.09. The van der Waals surface area contributed by atoms with Crippen LogP contribution in [-0.4, -0.2) is 22.3 Å². The van der Waals surface area contributed by atoms with Crippen molar-refractivity contribution in [3.05, 3.63) is 29.1 Å². The fourth-order valence-corrected chi connectivity index (χ4v) is 2.01. The molecule has 0 spiro atoms. The Labute approximate surface area is 100 Å². The first-order chi connectivity index (χ1) is 7.56. The molecule has 1 N–H and O–H groups in total. The zero-order chi connectivity index (χ0) is 11.8. The summed E-state index contributed by atoms with van der Waals surface area (Å²) in [4.78, 5) is 16.3. The van der Waals surface area contributed by atoms with E-state index < -0.39 is 0 Å². The molecule has 1 aliphatic rings. The van der Waals surface area contributed by atoms with Gasteiger partial charge in [0.15, 0.2) is 0 Å². The standard InChI is InChI=1S/C12H15ClN2O/c1-8-3-4-10(9(2)14-8)11(16)15-12(7-13)5-6-12/h3-4H,5-7H2,1-2H3,(H,15,16). The molecule has 1 saturated carbocycles. The Morgan fingerprint density at radius 2 is 2.19 bits per heavy atom. The number of pyridine rings is 1. The van der Waals surface area contributed by atoms with Crippen molar-refractivity contribution < 1.29 is 4.79 Å². The van der Waals surface area contributed by atoms with E-state index in [9.17, 15) is 4.79 Å². The normalized spacial score (nSPS) is 16.9. The van der Waals surface area contributed by atoms with Crippen LogP contribution in [0.4, 0.5) is 0 Å². The van der Waals surface area contributed by atoms with Crippen molar-refractivity contribution in [1.82, 2.24) is 10.3 Å². The molecule has 0 saturated heterocycles. The number of carbonyl (C=O) groups is 1. The quantitative estimate of drug-likeness (QED) is 0.821. The summed E-state index contributed by atoms with van der Waals surface area (Å²) in [6.07, 6.45) is 1.95. The summed E-state index contributed by atoms with van der Waals surface area (Å²) in [7, 11) is 0. The van der Waals surface area contributed by atoms with Gasteiger partial charge in [-0.2, -0.15) is 0 Å². The van der Waals surface area contributed by atoms with Gasteiger partial charge in [0.2, 0.25) is 0 Å². The van der Waals surface area contributed by atoms with E-state index in [4.69, 9.17) is 11.6 Å². The van der Waals surface area contributed by atoms with Gasteiger partial charge in [-0.25, -0.2) is 0 Å². The van der Waals surface area contributed by atoms with Crippen molar-refractivity contribution in [3.8, 4) is 0 Å². The lowest BCUT2D eigenvalue weighted by Crippen LogP contribution is -2.38. The van der Waals surface area contributed by atoms with E-state index in [2.05, 4.69) is 10.3 Å². The third-order valence-corrected chi connectivity index (χ3v) is 3.47. The first-order valence-electron chi connectivity index (χ1n) is 5.39. The highest BCUT2D eigenvalue weighted by Crippen LogP contribution is 2.36. The number of hydrogen-bond acceptors (Lipinski definition) is 2. The zero-order valence-corrected chi connectivity index (χ0v) is 10.3. The molecule has 16 heavy (non-hydrogen) atoms. The SMILES string of the molecule is Cc1ccc(C(=O)NC2(CCl)CC2)c(C)n1. The maximum atomic E-state index is 12.0. The number of nitrogens with one attached hydrogen (secondary N) is 1. The van der Waals surface area contributed by atoms with Crippen molar-refractivity contribution in [1.29, 1.82) is 0 Å². The van der Waals surface area contributed by atoms with Gasteiger partial charge in [-0.05, 0) is 38.8 Å². The highest BCUT2D eigenvalue weighted by Gasteiger charge is 2.43. The zero-order valence-electron chi connectivity index (χ0n) is 9.51. The van der Waals surface area contributed by atoms with Gasteiger partial charge >= 0.3 is 0 Å². The topological polar surface area (TPSA) is 42.0 Å². The van der Waals surface area contributed by atoms with Crippen LogP contribution in [0.3, 0.4) is 0 Å². The summed E-state index contributed by atoms with van der Waals surface area (Å²) in [5, 5.41) is 2.98. The lowest BCUT2D eigenvalue weighted by Gasteiger charge is -2.14. The van der Waals surface area contributed by atoms with Crippen LogP contribution in [-0.2, 0) is 0 Å². The molecule has 1 fully saturated rings. The maximum absolute atomic E-state index is 12.0. The molecule has 86 valence electrons. The largest absolute Gasteiger partial charge is 0.345 e. The Bertz CT molecular complexity index is 427. The van der Waals surface area contributed by atoms with Crippen molar-refractivity contribution in [2.45, 2.75) is 32.2 Å². The van der Waals surface area contributed by atoms with Gasteiger partial charge in [0.05, 0.1) is 16.8 Å². The smallest absolute Gasteiger partial charge is 0.253 e. The van der Waals surface area contributed by atoms with E-state index in [1.165, 1.54) is 0 Å². The van der Waals surface area contributed by atoms with E-state index in [0.29, 0.717) is 11.4 Å². The molecule has 2 rings (SSSR count). The number of rotatable bonds is 3. The number of amides is 1. The highest BCUT2D eigenvalue weighted by molar-refractivity contribution is 6.19. The molecule has 0 bridgehead atoms. The van der Waals surface area contributed by atoms with E-state index in [-0.39, 0.29) is 11.4 Å². The second kappa shape index (κ2) is 4.06. The average molecular weight is 239 g/mol. The Balaban J connectivity index is 2.15. The van der Waals surface area contributed by atoms with Crippen molar-refractivity contribution in [2.24, 2.45) is 0 Å². The summed E-state index contributed by atoms with van der Waals surface area (Å²) >= 11 is 5.82. The number of hydrogen-bond donors (Lipinski definition) is 1. The van der Waals surface area contributed by atoms with E-state index in [0.717, 1.165) is 24.2 Å². The van der Waals surface area contributed by atoms with Crippen LogP contribution < -0.4 is 5.32 Å². The number of alkyl halides is 1. The van der Waals surface area contributed by atoms with Crippen LogP contribution in [0.25, 0.3) is 0 Å². The second-order valence-electron chi connectivity index (χ2n) is 4.45. The van der Waals surface area contributed by atoms with Crippen molar-refractivity contribution in [2.75, 3.05) is 5.88 Å². The number of aryl methyl sites for hydroxylation is 2. The van der Waals surface area contributed by atoms with E-state index in [1.807, 2.05) is 26.0 Å². The third kappa shape index (κ3) is 2.19. The lowest BCUT2D eigenvalue weighted by atomic mass is 10.1. The summed E-state index contributed by atoms with van der Waals surface area (Å²) < 4.78 is 0. The van der Waals surface area contributed by atoms with E-state index >= 15 is 0 Å². The van der Waals surface area contributed by atoms with Crippen LogP contribution in [0.1, 0.15) is 34.6 Å². The van der Waals surface area contributed by atoms with Crippen LogP contribution in [0.5, 0.6) is 0 Å². The molecule has 1 amide bonds. The Kier molecular flexibility index (Phi) is 2.89. The van der Waals surface area contributed by atoms with Gasteiger partial charge < -0.3 is 5.32 Å². The van der Waals surface area contributed by atoms with E-state index in [1.54, 1.807) is 0 Å². The lowest BCUT2D eigenvalue weighted by molar-refractivity contribution is 0.0935. The molecule has 0 aliphatic heterocycles. The summed E-state index contributed by atoms with van der Waals surface area (Å²) in [5.74, 6) is 0.417. The highest BCUT2D eigenvalue weighted by atomic mass is 35.5.